The summed E-state index contributed by atoms with van der Waals surface area (Å²) >= 11 is 0. The van der Waals surface area contributed by atoms with Gasteiger partial charge in [0, 0.05) is 37.3 Å². The minimum absolute atomic E-state index is 0.547. The SMILES string of the molecule is CCCNc1cc(-n2ccnc2CC)nc(C2CC2)n1. The molecule has 2 aromatic rings. The molecule has 1 aliphatic rings. The Balaban J connectivity index is 1.98. The summed E-state index contributed by atoms with van der Waals surface area (Å²) in [6.07, 6.45) is 8.21. The molecule has 0 spiro atoms. The smallest absolute Gasteiger partial charge is 0.143 e. The van der Waals surface area contributed by atoms with Crippen molar-refractivity contribution in [1.82, 2.24) is 19.5 Å². The molecule has 0 unspecified atom stereocenters. The number of rotatable bonds is 6. The number of nitrogens with zero attached hydrogens (tertiary/aromatic N) is 4. The van der Waals surface area contributed by atoms with Crippen LogP contribution in [0, 0.1) is 0 Å². The van der Waals surface area contributed by atoms with Gasteiger partial charge in [0.15, 0.2) is 0 Å². The zero-order chi connectivity index (χ0) is 13.9. The van der Waals surface area contributed by atoms with E-state index < -0.39 is 0 Å². The largest absolute Gasteiger partial charge is 0.370 e. The maximum absolute atomic E-state index is 4.73. The molecule has 0 saturated heterocycles. The number of hydrogen-bond acceptors (Lipinski definition) is 4. The van der Waals surface area contributed by atoms with E-state index in [0.29, 0.717) is 5.92 Å². The van der Waals surface area contributed by atoms with Crippen LogP contribution in [0.25, 0.3) is 5.82 Å². The summed E-state index contributed by atoms with van der Waals surface area (Å²) in [6, 6.07) is 2.02. The fourth-order valence-corrected chi connectivity index (χ4v) is 2.25. The Morgan fingerprint density at radius 2 is 2.15 bits per heavy atom. The van der Waals surface area contributed by atoms with Crippen LogP contribution >= 0.6 is 0 Å². The van der Waals surface area contributed by atoms with Crippen LogP contribution in [-0.4, -0.2) is 26.1 Å². The number of hydrogen-bond donors (Lipinski definition) is 1. The third-order valence-electron chi connectivity index (χ3n) is 3.51. The lowest BCUT2D eigenvalue weighted by atomic mass is 10.3. The molecule has 0 aromatic carbocycles. The average Bonchev–Trinajstić information content (AvgIpc) is 3.22. The average molecular weight is 271 g/mol. The second-order valence-electron chi connectivity index (χ2n) is 5.24. The van der Waals surface area contributed by atoms with Gasteiger partial charge in [-0.1, -0.05) is 13.8 Å². The molecule has 20 heavy (non-hydrogen) atoms. The van der Waals surface area contributed by atoms with Gasteiger partial charge in [0.25, 0.3) is 0 Å². The molecule has 2 aromatic heterocycles. The van der Waals surface area contributed by atoms with Crippen molar-refractivity contribution in [2.75, 3.05) is 11.9 Å². The molecule has 0 atom stereocenters. The molecule has 5 heteroatoms. The maximum atomic E-state index is 4.73. The van der Waals surface area contributed by atoms with Crippen molar-refractivity contribution in [1.29, 1.82) is 0 Å². The van der Waals surface area contributed by atoms with Crippen LogP contribution in [0.3, 0.4) is 0 Å². The molecular formula is C15H21N5. The first-order valence-electron chi connectivity index (χ1n) is 7.47. The summed E-state index contributed by atoms with van der Waals surface area (Å²) < 4.78 is 2.06. The first-order chi connectivity index (χ1) is 9.81. The van der Waals surface area contributed by atoms with Gasteiger partial charge in [0.05, 0.1) is 0 Å². The molecule has 3 rings (SSSR count). The summed E-state index contributed by atoms with van der Waals surface area (Å²) in [5.74, 6) is 4.40. The molecule has 1 saturated carbocycles. The highest BCUT2D eigenvalue weighted by atomic mass is 15.2. The van der Waals surface area contributed by atoms with Gasteiger partial charge < -0.3 is 5.32 Å². The minimum Gasteiger partial charge on any atom is -0.370 e. The highest BCUT2D eigenvalue weighted by Crippen LogP contribution is 2.38. The molecular weight excluding hydrogens is 250 g/mol. The van der Waals surface area contributed by atoms with E-state index in [1.807, 2.05) is 18.5 Å². The van der Waals surface area contributed by atoms with E-state index in [9.17, 15) is 0 Å². The quantitative estimate of drug-likeness (QED) is 0.877. The van der Waals surface area contributed by atoms with E-state index in [-0.39, 0.29) is 0 Å². The highest BCUT2D eigenvalue weighted by molar-refractivity contribution is 5.43. The van der Waals surface area contributed by atoms with Crippen LogP contribution in [0.15, 0.2) is 18.5 Å². The van der Waals surface area contributed by atoms with Crippen molar-refractivity contribution in [2.45, 2.75) is 45.4 Å². The topological polar surface area (TPSA) is 55.6 Å². The van der Waals surface area contributed by atoms with Gasteiger partial charge in [0.2, 0.25) is 0 Å². The Morgan fingerprint density at radius 1 is 1.30 bits per heavy atom. The monoisotopic (exact) mass is 271 g/mol. The molecule has 0 radical (unpaired) electrons. The second kappa shape index (κ2) is 5.61. The standard InChI is InChI=1S/C15H21N5/c1-3-7-16-12-10-14(19-15(18-12)11-5-6-11)20-9-8-17-13(20)4-2/h8-11H,3-7H2,1-2H3,(H,16,18,19). The van der Waals surface area contributed by atoms with Crippen LogP contribution in [0.1, 0.15) is 50.7 Å². The minimum atomic E-state index is 0.547. The molecule has 5 nitrogen and oxygen atoms in total. The van der Waals surface area contributed by atoms with E-state index in [4.69, 9.17) is 4.98 Å². The Hall–Kier alpha value is -1.91. The Kier molecular flexibility index (Phi) is 3.67. The zero-order valence-electron chi connectivity index (χ0n) is 12.1. The van der Waals surface area contributed by atoms with Gasteiger partial charge in [-0.3, -0.25) is 4.57 Å². The molecule has 106 valence electrons. The van der Waals surface area contributed by atoms with E-state index >= 15 is 0 Å². The molecule has 1 N–H and O–H groups in total. The summed E-state index contributed by atoms with van der Waals surface area (Å²) in [5.41, 5.74) is 0. The molecule has 0 amide bonds. The first kappa shape index (κ1) is 13.1. The highest BCUT2D eigenvalue weighted by Gasteiger charge is 2.27. The summed E-state index contributed by atoms with van der Waals surface area (Å²) in [6.45, 7) is 5.20. The van der Waals surface area contributed by atoms with Crippen molar-refractivity contribution >= 4 is 5.82 Å². The Bertz CT molecular complexity index is 586. The predicted molar refractivity (Wildman–Crippen MR) is 79.3 cm³/mol. The van der Waals surface area contributed by atoms with Crippen molar-refractivity contribution in [2.24, 2.45) is 0 Å². The van der Waals surface area contributed by atoms with E-state index in [1.165, 1.54) is 12.8 Å². The molecule has 2 heterocycles. The molecule has 0 aliphatic heterocycles. The third kappa shape index (κ3) is 2.66. The van der Waals surface area contributed by atoms with E-state index in [0.717, 1.165) is 42.7 Å². The van der Waals surface area contributed by atoms with Crippen LogP contribution in [0.4, 0.5) is 5.82 Å². The molecule has 1 aliphatic carbocycles. The number of imidazole rings is 1. The predicted octanol–water partition coefficient (Wildman–Crippen LogP) is 2.92. The normalized spacial score (nSPS) is 14.5. The lowest BCUT2D eigenvalue weighted by Gasteiger charge is -2.11. The van der Waals surface area contributed by atoms with Gasteiger partial charge in [-0.05, 0) is 19.3 Å². The van der Waals surface area contributed by atoms with Gasteiger partial charge in [-0.15, -0.1) is 0 Å². The first-order valence-corrected chi connectivity index (χ1v) is 7.47. The lowest BCUT2D eigenvalue weighted by molar-refractivity contribution is 0.829. The number of nitrogens with one attached hydrogen (secondary N) is 1. The number of anilines is 1. The van der Waals surface area contributed by atoms with Gasteiger partial charge in [-0.2, -0.15) is 0 Å². The van der Waals surface area contributed by atoms with Crippen LogP contribution in [-0.2, 0) is 6.42 Å². The van der Waals surface area contributed by atoms with Crippen molar-refractivity contribution in [3.63, 3.8) is 0 Å². The lowest BCUT2D eigenvalue weighted by Crippen LogP contribution is -2.09. The van der Waals surface area contributed by atoms with Crippen molar-refractivity contribution < 1.29 is 0 Å². The van der Waals surface area contributed by atoms with Crippen molar-refractivity contribution in [3.05, 3.63) is 30.1 Å². The van der Waals surface area contributed by atoms with Crippen LogP contribution in [0.2, 0.25) is 0 Å². The molecule has 1 fully saturated rings. The molecule has 0 bridgehead atoms. The van der Waals surface area contributed by atoms with E-state index in [2.05, 4.69) is 33.7 Å². The number of aromatic nitrogens is 4. The summed E-state index contributed by atoms with van der Waals surface area (Å²) in [5, 5.41) is 3.37. The van der Waals surface area contributed by atoms with Gasteiger partial charge >= 0.3 is 0 Å². The number of aryl methyl sites for hydroxylation is 1. The Morgan fingerprint density at radius 3 is 2.85 bits per heavy atom. The van der Waals surface area contributed by atoms with E-state index in [1.54, 1.807) is 0 Å². The summed E-state index contributed by atoms with van der Waals surface area (Å²) in [7, 11) is 0. The van der Waals surface area contributed by atoms with Crippen molar-refractivity contribution in [3.8, 4) is 5.82 Å². The fourth-order valence-electron chi connectivity index (χ4n) is 2.25. The fraction of sp³-hybridized carbons (Fsp3) is 0.533. The van der Waals surface area contributed by atoms with Crippen LogP contribution < -0.4 is 5.32 Å². The maximum Gasteiger partial charge on any atom is 0.143 e. The van der Waals surface area contributed by atoms with Gasteiger partial charge in [0.1, 0.15) is 23.3 Å². The second-order valence-corrected chi connectivity index (χ2v) is 5.24. The van der Waals surface area contributed by atoms with Crippen LogP contribution in [0.5, 0.6) is 0 Å². The zero-order valence-corrected chi connectivity index (χ0v) is 12.1. The Labute approximate surface area is 119 Å². The summed E-state index contributed by atoms with van der Waals surface area (Å²) in [4.78, 5) is 13.7. The third-order valence-corrected chi connectivity index (χ3v) is 3.51. The van der Waals surface area contributed by atoms with Gasteiger partial charge in [-0.25, -0.2) is 15.0 Å².